The number of halogens is 1. The molecule has 134 valence electrons. The van der Waals surface area contributed by atoms with Crippen molar-refractivity contribution in [1.82, 2.24) is 5.06 Å². The Bertz CT molecular complexity index is 960. The highest BCUT2D eigenvalue weighted by atomic mass is 19.1. The van der Waals surface area contributed by atoms with Crippen molar-refractivity contribution in [2.24, 2.45) is 0 Å². The molecule has 1 aromatic heterocycles. The van der Waals surface area contributed by atoms with Crippen molar-refractivity contribution in [2.45, 2.75) is 25.5 Å². The Hall–Kier alpha value is -2.93. The van der Waals surface area contributed by atoms with Gasteiger partial charge in [-0.1, -0.05) is 12.0 Å². The summed E-state index contributed by atoms with van der Waals surface area (Å²) >= 11 is 0. The Balaban J connectivity index is 1.85. The van der Waals surface area contributed by atoms with E-state index in [-0.39, 0.29) is 5.82 Å². The Morgan fingerprint density at radius 3 is 2.85 bits per heavy atom. The van der Waals surface area contributed by atoms with Crippen LogP contribution in [-0.4, -0.2) is 29.3 Å². The fourth-order valence-electron chi connectivity index (χ4n) is 3.36. The number of ether oxygens (including phenoxy) is 1. The van der Waals surface area contributed by atoms with E-state index in [0.29, 0.717) is 35.9 Å². The molecule has 0 spiro atoms. The average Bonchev–Trinajstić information content (AvgIpc) is 3.08. The maximum absolute atomic E-state index is 14.0. The van der Waals surface area contributed by atoms with E-state index < -0.39 is 17.7 Å². The highest BCUT2D eigenvalue weighted by Gasteiger charge is 2.44. The lowest BCUT2D eigenvalue weighted by Crippen LogP contribution is -2.53. The second kappa shape index (κ2) is 6.10. The number of hydrogen-bond acceptors (Lipinski definition) is 6. The summed E-state index contributed by atoms with van der Waals surface area (Å²) in [7, 11) is 0. The number of benzene rings is 1. The van der Waals surface area contributed by atoms with Gasteiger partial charge < -0.3 is 14.0 Å². The number of fused-ring (bicyclic) bond motifs is 2. The zero-order valence-corrected chi connectivity index (χ0v) is 14.0. The van der Waals surface area contributed by atoms with Crippen molar-refractivity contribution in [1.29, 1.82) is 0 Å². The molecule has 1 unspecified atom stereocenters. The molecule has 6 nitrogen and oxygen atoms in total. The molecule has 3 heterocycles. The van der Waals surface area contributed by atoms with Crippen LogP contribution in [0.15, 0.2) is 47.1 Å². The Labute approximate surface area is 148 Å². The number of furan rings is 1. The Morgan fingerprint density at radius 2 is 2.04 bits per heavy atom. The van der Waals surface area contributed by atoms with Crippen molar-refractivity contribution in [3.63, 3.8) is 0 Å². The van der Waals surface area contributed by atoms with Crippen molar-refractivity contribution in [3.8, 4) is 0 Å². The molecule has 0 bridgehead atoms. The Kier molecular flexibility index (Phi) is 3.88. The Morgan fingerprint density at radius 1 is 1.23 bits per heavy atom. The summed E-state index contributed by atoms with van der Waals surface area (Å²) in [5, 5.41) is 2.01. The van der Waals surface area contributed by atoms with Crippen LogP contribution in [0.3, 0.4) is 0 Å². The normalized spacial score (nSPS) is 24.9. The second-order valence-corrected chi connectivity index (χ2v) is 6.18. The lowest BCUT2D eigenvalue weighted by molar-refractivity contribution is -0.268. The average molecular weight is 357 g/mol. The molecule has 2 aliphatic heterocycles. The van der Waals surface area contributed by atoms with E-state index in [1.54, 1.807) is 12.1 Å². The molecule has 7 heteroatoms. The molecular weight excluding hydrogens is 341 g/mol. The summed E-state index contributed by atoms with van der Waals surface area (Å²) in [4.78, 5) is 29.1. The van der Waals surface area contributed by atoms with Crippen LogP contribution in [0.2, 0.25) is 0 Å². The van der Waals surface area contributed by atoms with Gasteiger partial charge in [-0.3, -0.25) is 0 Å². The maximum atomic E-state index is 14.0. The van der Waals surface area contributed by atoms with E-state index >= 15 is 0 Å². The topological polar surface area (TPSA) is 69.0 Å². The fraction of sp³-hybridized carbons (Fsp3) is 0.263. The van der Waals surface area contributed by atoms with Gasteiger partial charge in [0.2, 0.25) is 5.72 Å². The van der Waals surface area contributed by atoms with Crippen LogP contribution in [0.25, 0.3) is 16.5 Å². The maximum Gasteiger partial charge on any atom is 0.350 e. The van der Waals surface area contributed by atoms with Crippen LogP contribution in [-0.2, 0) is 19.2 Å². The van der Waals surface area contributed by atoms with Crippen molar-refractivity contribution in [2.75, 3.05) is 6.54 Å². The first kappa shape index (κ1) is 16.5. The van der Waals surface area contributed by atoms with Crippen LogP contribution >= 0.6 is 0 Å². The number of carbonyl (C=O) groups is 2. The zero-order chi connectivity index (χ0) is 18.3. The van der Waals surface area contributed by atoms with Crippen LogP contribution < -0.4 is 0 Å². The zero-order valence-electron chi connectivity index (χ0n) is 14.0. The first-order valence-electron chi connectivity index (χ1n) is 8.30. The minimum atomic E-state index is -1.25. The monoisotopic (exact) mass is 357 g/mol. The third-order valence-corrected chi connectivity index (χ3v) is 4.61. The number of esters is 1. The van der Waals surface area contributed by atoms with E-state index in [9.17, 15) is 14.0 Å². The van der Waals surface area contributed by atoms with Gasteiger partial charge in [-0.2, -0.15) is 0 Å². The number of rotatable bonds is 2. The summed E-state index contributed by atoms with van der Waals surface area (Å²) in [6.07, 6.45) is 6.08. The molecule has 4 rings (SSSR count). The van der Waals surface area contributed by atoms with Gasteiger partial charge in [0, 0.05) is 36.1 Å². The summed E-state index contributed by atoms with van der Waals surface area (Å²) < 4.78 is 25.1. The molecule has 2 aliphatic rings. The molecular formula is C19H16FNO5. The van der Waals surface area contributed by atoms with Crippen molar-refractivity contribution < 1.29 is 28.0 Å². The first-order chi connectivity index (χ1) is 12.5. The summed E-state index contributed by atoms with van der Waals surface area (Å²) in [5.74, 6) is -1.67. The molecule has 0 fully saturated rings. The van der Waals surface area contributed by atoms with Gasteiger partial charge in [0.1, 0.15) is 11.4 Å². The quantitative estimate of drug-likeness (QED) is 0.768. The molecule has 0 amide bonds. The highest BCUT2D eigenvalue weighted by Crippen LogP contribution is 2.38. The number of hydroxylamine groups is 2. The smallest absolute Gasteiger partial charge is 0.350 e. The number of carbonyl (C=O) groups excluding carboxylic acids is 2. The van der Waals surface area contributed by atoms with Crippen molar-refractivity contribution in [3.05, 3.63) is 54.1 Å². The van der Waals surface area contributed by atoms with Crippen LogP contribution in [0.5, 0.6) is 0 Å². The molecule has 0 aliphatic carbocycles. The lowest BCUT2D eigenvalue weighted by Gasteiger charge is -2.42. The molecule has 1 atom stereocenters. The molecule has 2 aromatic rings. The number of nitrogens with zero attached hydrogens (tertiary/aromatic N) is 1. The van der Waals surface area contributed by atoms with Gasteiger partial charge in [-0.25, -0.2) is 14.0 Å². The highest BCUT2D eigenvalue weighted by molar-refractivity contribution is 5.93. The molecule has 0 saturated carbocycles. The van der Waals surface area contributed by atoms with E-state index in [2.05, 4.69) is 0 Å². The second-order valence-electron chi connectivity index (χ2n) is 6.18. The minimum Gasteiger partial charge on any atom is -0.464 e. The van der Waals surface area contributed by atoms with Gasteiger partial charge in [-0.15, -0.1) is 0 Å². The predicted molar refractivity (Wildman–Crippen MR) is 89.8 cm³/mol. The van der Waals surface area contributed by atoms with Crippen LogP contribution in [0.1, 0.15) is 25.3 Å². The molecule has 0 N–H and O–H groups in total. The largest absolute Gasteiger partial charge is 0.464 e. The third-order valence-electron chi connectivity index (χ3n) is 4.61. The first-order valence-corrected chi connectivity index (χ1v) is 8.30. The summed E-state index contributed by atoms with van der Waals surface area (Å²) in [5.41, 5.74) is 0.663. The SMILES string of the molecule is CCC12C=C(c3cc(F)cc4ccoc34)CCN1OC(=O)/C=C/C(=O)O2. The van der Waals surface area contributed by atoms with E-state index in [4.69, 9.17) is 14.0 Å². The van der Waals surface area contributed by atoms with Crippen LogP contribution in [0, 0.1) is 5.82 Å². The minimum absolute atomic E-state index is 0.297. The van der Waals surface area contributed by atoms with E-state index in [1.807, 2.05) is 6.92 Å². The molecule has 1 aromatic carbocycles. The van der Waals surface area contributed by atoms with Gasteiger partial charge in [-0.05, 0) is 36.3 Å². The van der Waals surface area contributed by atoms with Crippen LogP contribution in [0.4, 0.5) is 4.39 Å². The number of hydrogen-bond donors (Lipinski definition) is 0. The van der Waals surface area contributed by atoms with Gasteiger partial charge in [0.15, 0.2) is 0 Å². The van der Waals surface area contributed by atoms with Gasteiger partial charge in [0.25, 0.3) is 0 Å². The van der Waals surface area contributed by atoms with Gasteiger partial charge in [0.05, 0.1) is 6.26 Å². The molecule has 0 saturated heterocycles. The van der Waals surface area contributed by atoms with E-state index in [1.165, 1.54) is 23.5 Å². The molecule has 26 heavy (non-hydrogen) atoms. The predicted octanol–water partition coefficient (Wildman–Crippen LogP) is 3.34. The third kappa shape index (κ3) is 2.70. The molecule has 0 radical (unpaired) electrons. The fourth-order valence-corrected chi connectivity index (χ4v) is 3.36. The van der Waals surface area contributed by atoms with Crippen molar-refractivity contribution >= 4 is 28.5 Å². The summed E-state index contributed by atoms with van der Waals surface area (Å²) in [6.45, 7) is 2.11. The van der Waals surface area contributed by atoms with E-state index in [0.717, 1.165) is 17.7 Å². The van der Waals surface area contributed by atoms with Gasteiger partial charge >= 0.3 is 11.9 Å². The standard InChI is InChI=1S/C19H16FNO5/c1-2-19-11-13(15-10-14(20)9-12-6-8-24-18(12)15)5-7-21(19)26-17(23)4-3-16(22)25-19/h3-4,6,8-11H,2,5,7H2,1H3/b4-3+. The lowest BCUT2D eigenvalue weighted by atomic mass is 9.92. The summed E-state index contributed by atoms with van der Waals surface area (Å²) in [6, 6.07) is 4.49.